The van der Waals surface area contributed by atoms with Gasteiger partial charge in [-0.2, -0.15) is 0 Å². The maximum absolute atomic E-state index is 11.7. The summed E-state index contributed by atoms with van der Waals surface area (Å²) in [6.45, 7) is 2.08. The maximum Gasteiger partial charge on any atom is 0.179 e. The summed E-state index contributed by atoms with van der Waals surface area (Å²) in [6, 6.07) is 5.80. The molecule has 0 saturated heterocycles. The Morgan fingerprint density at radius 1 is 1.38 bits per heavy atom. The van der Waals surface area contributed by atoms with Gasteiger partial charge in [-0.3, -0.25) is 0 Å². The van der Waals surface area contributed by atoms with Crippen LogP contribution >= 0.6 is 0 Å². The molecular weight excluding hydrogens is 286 g/mol. The molecule has 0 radical (unpaired) electrons. The second-order valence-electron chi connectivity index (χ2n) is 5.54. The zero-order valence-electron chi connectivity index (χ0n) is 12.8. The van der Waals surface area contributed by atoms with E-state index < -0.39 is 9.84 Å². The van der Waals surface area contributed by atoms with Crippen LogP contribution in [0.4, 0.5) is 0 Å². The predicted octanol–water partition coefficient (Wildman–Crippen LogP) is 2.86. The van der Waals surface area contributed by atoms with Crippen LogP contribution in [0.5, 0.6) is 5.75 Å². The van der Waals surface area contributed by atoms with Crippen molar-refractivity contribution < 1.29 is 13.2 Å². The molecule has 1 aromatic rings. The lowest BCUT2D eigenvalue weighted by atomic mass is 10.0. The number of ether oxygens (including phenoxy) is 1. The summed E-state index contributed by atoms with van der Waals surface area (Å²) in [5, 5.41) is 3.55. The first-order valence-electron chi connectivity index (χ1n) is 7.22. The molecule has 5 heteroatoms. The summed E-state index contributed by atoms with van der Waals surface area (Å²) in [4.78, 5) is 0.235. The molecular formula is C16H23NO3S. The van der Waals surface area contributed by atoms with Crippen molar-refractivity contribution in [3.05, 3.63) is 35.9 Å². The van der Waals surface area contributed by atoms with Crippen LogP contribution in [-0.2, 0) is 9.84 Å². The fraction of sp³-hybridized carbons (Fsp3) is 0.500. The van der Waals surface area contributed by atoms with Gasteiger partial charge in [-0.05, 0) is 43.9 Å². The molecule has 0 aliphatic heterocycles. The Balaban J connectivity index is 2.20. The Morgan fingerprint density at radius 2 is 2.14 bits per heavy atom. The lowest BCUT2D eigenvalue weighted by Gasteiger charge is -2.23. The number of rotatable bonds is 5. The minimum absolute atomic E-state index is 0.139. The van der Waals surface area contributed by atoms with Gasteiger partial charge in [-0.1, -0.05) is 18.2 Å². The van der Waals surface area contributed by atoms with Gasteiger partial charge < -0.3 is 10.1 Å². The van der Waals surface area contributed by atoms with E-state index in [1.54, 1.807) is 12.1 Å². The number of sulfone groups is 1. The third-order valence-corrected chi connectivity index (χ3v) is 4.94. The summed E-state index contributed by atoms with van der Waals surface area (Å²) in [6.07, 6.45) is 9.11. The number of nitrogens with one attached hydrogen (secondary N) is 1. The maximum atomic E-state index is 11.7. The lowest BCUT2D eigenvalue weighted by Crippen LogP contribution is -2.31. The first-order chi connectivity index (χ1) is 9.91. The highest BCUT2D eigenvalue weighted by molar-refractivity contribution is 7.90. The first-order valence-corrected chi connectivity index (χ1v) is 9.11. The van der Waals surface area contributed by atoms with E-state index in [-0.39, 0.29) is 10.9 Å². The highest BCUT2D eigenvalue weighted by Gasteiger charge is 2.18. The van der Waals surface area contributed by atoms with E-state index in [1.807, 2.05) is 6.07 Å². The van der Waals surface area contributed by atoms with E-state index >= 15 is 0 Å². The third kappa shape index (κ3) is 4.08. The summed E-state index contributed by atoms with van der Waals surface area (Å²) < 4.78 is 28.6. The average molecular weight is 309 g/mol. The summed E-state index contributed by atoms with van der Waals surface area (Å²) in [5.41, 5.74) is 1.03. The summed E-state index contributed by atoms with van der Waals surface area (Å²) in [7, 11) is -1.78. The minimum Gasteiger partial charge on any atom is -0.495 e. The molecule has 2 atom stereocenters. The van der Waals surface area contributed by atoms with Crippen molar-refractivity contribution in [2.24, 2.45) is 0 Å². The van der Waals surface area contributed by atoms with Gasteiger partial charge in [-0.15, -0.1) is 0 Å². The van der Waals surface area contributed by atoms with Crippen LogP contribution < -0.4 is 10.1 Å². The second kappa shape index (κ2) is 6.62. The van der Waals surface area contributed by atoms with Crippen LogP contribution in [0.25, 0.3) is 0 Å². The van der Waals surface area contributed by atoms with Crippen molar-refractivity contribution in [2.45, 2.75) is 43.2 Å². The lowest BCUT2D eigenvalue weighted by molar-refractivity contribution is 0.400. The monoisotopic (exact) mass is 309 g/mol. The smallest absolute Gasteiger partial charge is 0.179 e. The number of benzene rings is 1. The van der Waals surface area contributed by atoms with Gasteiger partial charge in [0.1, 0.15) is 10.6 Å². The Labute approximate surface area is 127 Å². The fourth-order valence-electron chi connectivity index (χ4n) is 2.63. The van der Waals surface area contributed by atoms with Gasteiger partial charge in [-0.25, -0.2) is 8.42 Å². The van der Waals surface area contributed by atoms with Crippen LogP contribution in [0.15, 0.2) is 35.2 Å². The molecule has 1 N–H and O–H groups in total. The Bertz CT molecular complexity index is 622. The fourth-order valence-corrected chi connectivity index (χ4v) is 3.45. The van der Waals surface area contributed by atoms with Gasteiger partial charge >= 0.3 is 0 Å². The van der Waals surface area contributed by atoms with Crippen molar-refractivity contribution in [1.82, 2.24) is 5.32 Å². The molecule has 0 amide bonds. The molecule has 0 bridgehead atoms. The van der Waals surface area contributed by atoms with Crippen LogP contribution in [0.3, 0.4) is 0 Å². The van der Waals surface area contributed by atoms with E-state index in [0.29, 0.717) is 11.8 Å². The Hall–Kier alpha value is -1.33. The van der Waals surface area contributed by atoms with Gasteiger partial charge in [0, 0.05) is 18.3 Å². The second-order valence-corrected chi connectivity index (χ2v) is 7.52. The van der Waals surface area contributed by atoms with E-state index in [0.717, 1.165) is 18.4 Å². The number of allylic oxidation sites excluding steroid dienone is 1. The molecule has 2 rings (SSSR count). The molecule has 0 unspecified atom stereocenters. The van der Waals surface area contributed by atoms with Crippen LogP contribution in [0, 0.1) is 0 Å². The summed E-state index contributed by atoms with van der Waals surface area (Å²) >= 11 is 0. The van der Waals surface area contributed by atoms with Gasteiger partial charge in [0.25, 0.3) is 0 Å². The highest BCUT2D eigenvalue weighted by atomic mass is 32.2. The van der Waals surface area contributed by atoms with Gasteiger partial charge in [0.05, 0.1) is 7.11 Å². The number of hydrogen-bond acceptors (Lipinski definition) is 4. The first kappa shape index (κ1) is 16.0. The third-order valence-electron chi connectivity index (χ3n) is 3.81. The van der Waals surface area contributed by atoms with E-state index in [2.05, 4.69) is 24.4 Å². The normalized spacial score (nSPS) is 20.2. The van der Waals surface area contributed by atoms with Crippen molar-refractivity contribution in [3.63, 3.8) is 0 Å². The van der Waals surface area contributed by atoms with Gasteiger partial charge in [0.2, 0.25) is 0 Å². The topological polar surface area (TPSA) is 55.4 Å². The molecule has 0 heterocycles. The molecule has 4 nitrogen and oxygen atoms in total. The predicted molar refractivity (Wildman–Crippen MR) is 84.4 cm³/mol. The largest absolute Gasteiger partial charge is 0.495 e. The quantitative estimate of drug-likeness (QED) is 0.850. The Morgan fingerprint density at radius 3 is 2.71 bits per heavy atom. The van der Waals surface area contributed by atoms with Gasteiger partial charge in [0.15, 0.2) is 9.84 Å². The molecule has 1 aliphatic carbocycles. The zero-order chi connectivity index (χ0) is 15.5. The molecule has 0 spiro atoms. The van der Waals surface area contributed by atoms with Crippen molar-refractivity contribution in [2.75, 3.05) is 13.4 Å². The number of hydrogen-bond donors (Lipinski definition) is 1. The molecule has 1 aromatic carbocycles. The van der Waals surface area contributed by atoms with Crippen LogP contribution in [0.1, 0.15) is 37.8 Å². The molecule has 21 heavy (non-hydrogen) atoms. The number of methoxy groups -OCH3 is 1. The van der Waals surface area contributed by atoms with E-state index in [4.69, 9.17) is 4.74 Å². The highest BCUT2D eigenvalue weighted by Crippen LogP contribution is 2.28. The molecule has 0 aromatic heterocycles. The SMILES string of the molecule is COc1cc([C@@H](C)N[C@@H]2C=CCCC2)ccc1S(C)(=O)=O. The van der Waals surface area contributed by atoms with E-state index in [9.17, 15) is 8.42 Å². The molecule has 1 aliphatic rings. The average Bonchev–Trinajstić information content (AvgIpc) is 2.46. The van der Waals surface area contributed by atoms with Crippen LogP contribution in [-0.4, -0.2) is 27.8 Å². The van der Waals surface area contributed by atoms with Crippen molar-refractivity contribution in [3.8, 4) is 5.75 Å². The standard InChI is InChI=1S/C16H23NO3S/c1-12(17-14-7-5-4-6-8-14)13-9-10-16(21(3,18)19)15(11-13)20-2/h5,7,9-12,14,17H,4,6,8H2,1-3H3/t12-,14-/m1/s1. The summed E-state index contributed by atoms with van der Waals surface area (Å²) in [5.74, 6) is 0.405. The van der Waals surface area contributed by atoms with Crippen LogP contribution in [0.2, 0.25) is 0 Å². The van der Waals surface area contributed by atoms with Crippen molar-refractivity contribution >= 4 is 9.84 Å². The van der Waals surface area contributed by atoms with E-state index in [1.165, 1.54) is 19.8 Å². The zero-order valence-corrected chi connectivity index (χ0v) is 13.6. The molecule has 0 saturated carbocycles. The Kier molecular flexibility index (Phi) is 5.06. The molecule has 0 fully saturated rings. The van der Waals surface area contributed by atoms with Crippen molar-refractivity contribution in [1.29, 1.82) is 0 Å². The molecule has 116 valence electrons. The minimum atomic E-state index is -3.27.